The first-order chi connectivity index (χ1) is 12.3. The molecule has 4 nitrogen and oxygen atoms in total. The smallest absolute Gasteiger partial charge is 0.306 e. The molecule has 0 radical (unpaired) electrons. The van der Waals surface area contributed by atoms with E-state index in [1.165, 1.54) is 38.5 Å². The number of imidazole rings is 1. The van der Waals surface area contributed by atoms with Crippen LogP contribution in [-0.4, -0.2) is 34.1 Å². The SMILES string of the molecule is O=c1[nH]c2ccccc2n1C1CCN(C/C2=C/CCCCCC2)CC1. The molecule has 0 bridgehead atoms. The van der Waals surface area contributed by atoms with Gasteiger partial charge in [-0.1, -0.05) is 36.6 Å². The first-order valence-electron chi connectivity index (χ1n) is 9.91. The number of fused-ring (bicyclic) bond motifs is 1. The highest BCUT2D eigenvalue weighted by Crippen LogP contribution is 2.26. The van der Waals surface area contributed by atoms with Crippen LogP contribution in [0.25, 0.3) is 11.0 Å². The van der Waals surface area contributed by atoms with E-state index in [2.05, 4.69) is 22.0 Å². The number of likely N-dealkylation sites (tertiary alicyclic amines) is 1. The molecule has 0 spiro atoms. The molecule has 1 aromatic carbocycles. The molecule has 1 aromatic heterocycles. The predicted octanol–water partition coefficient (Wildman–Crippen LogP) is 4.25. The molecule has 134 valence electrons. The summed E-state index contributed by atoms with van der Waals surface area (Å²) in [6, 6.07) is 8.37. The molecule has 0 unspecified atom stereocenters. The van der Waals surface area contributed by atoms with Crippen LogP contribution in [0.3, 0.4) is 0 Å². The fourth-order valence-electron chi connectivity index (χ4n) is 4.46. The molecular weight excluding hydrogens is 310 g/mol. The Kier molecular flexibility index (Phi) is 5.07. The van der Waals surface area contributed by atoms with E-state index in [0.29, 0.717) is 6.04 Å². The Labute approximate surface area is 149 Å². The minimum absolute atomic E-state index is 0.0439. The monoisotopic (exact) mass is 339 g/mol. The summed E-state index contributed by atoms with van der Waals surface area (Å²) in [5, 5.41) is 0. The van der Waals surface area contributed by atoms with Crippen molar-refractivity contribution in [1.82, 2.24) is 14.5 Å². The lowest BCUT2D eigenvalue weighted by atomic mass is 9.98. The third kappa shape index (κ3) is 3.74. The highest BCUT2D eigenvalue weighted by atomic mass is 16.1. The molecule has 4 heteroatoms. The average molecular weight is 339 g/mol. The van der Waals surface area contributed by atoms with Crippen molar-refractivity contribution in [3.05, 3.63) is 46.4 Å². The largest absolute Gasteiger partial charge is 0.326 e. The van der Waals surface area contributed by atoms with Gasteiger partial charge in [-0.2, -0.15) is 0 Å². The van der Waals surface area contributed by atoms with Gasteiger partial charge in [0.05, 0.1) is 11.0 Å². The summed E-state index contributed by atoms with van der Waals surface area (Å²) < 4.78 is 1.99. The fourth-order valence-corrected chi connectivity index (χ4v) is 4.46. The van der Waals surface area contributed by atoms with Crippen LogP contribution in [0.2, 0.25) is 0 Å². The van der Waals surface area contributed by atoms with E-state index in [9.17, 15) is 4.79 Å². The quantitative estimate of drug-likeness (QED) is 0.850. The Morgan fingerprint density at radius 2 is 1.84 bits per heavy atom. The standard InChI is InChI=1S/C21H29N3O/c25-21-22-19-10-6-7-11-20(19)24(21)18-12-14-23(15-13-18)16-17-8-4-2-1-3-5-9-17/h6-8,10-11,18H,1-5,9,12-16H2,(H,22,25)/b17-8+. The number of rotatable bonds is 3. The number of nitrogens with zero attached hydrogens (tertiary/aromatic N) is 2. The molecule has 1 fully saturated rings. The van der Waals surface area contributed by atoms with Gasteiger partial charge in [0.15, 0.2) is 0 Å². The van der Waals surface area contributed by atoms with Crippen molar-refractivity contribution in [1.29, 1.82) is 0 Å². The zero-order valence-corrected chi connectivity index (χ0v) is 15.0. The number of nitrogens with one attached hydrogen (secondary N) is 1. The van der Waals surface area contributed by atoms with Gasteiger partial charge in [0.25, 0.3) is 0 Å². The van der Waals surface area contributed by atoms with Crippen molar-refractivity contribution in [3.8, 4) is 0 Å². The summed E-state index contributed by atoms with van der Waals surface area (Å²) in [7, 11) is 0. The number of allylic oxidation sites excluding steroid dienone is 1. The average Bonchev–Trinajstić information content (AvgIpc) is 2.94. The zero-order chi connectivity index (χ0) is 17.1. The first-order valence-corrected chi connectivity index (χ1v) is 9.91. The number of hydrogen-bond acceptors (Lipinski definition) is 2. The Hall–Kier alpha value is -1.81. The van der Waals surface area contributed by atoms with E-state index < -0.39 is 0 Å². The summed E-state index contributed by atoms with van der Waals surface area (Å²) in [5.41, 5.74) is 3.69. The second-order valence-electron chi connectivity index (χ2n) is 7.64. The number of hydrogen-bond donors (Lipinski definition) is 1. The molecule has 2 heterocycles. The van der Waals surface area contributed by atoms with E-state index in [0.717, 1.165) is 43.5 Å². The minimum atomic E-state index is 0.0439. The number of aromatic nitrogens is 2. The van der Waals surface area contributed by atoms with E-state index in [4.69, 9.17) is 0 Å². The normalized spacial score (nSPS) is 23.1. The predicted molar refractivity (Wildman–Crippen MR) is 103 cm³/mol. The van der Waals surface area contributed by atoms with Crippen LogP contribution in [0.15, 0.2) is 40.7 Å². The van der Waals surface area contributed by atoms with Crippen LogP contribution in [0.5, 0.6) is 0 Å². The number of piperidine rings is 1. The second kappa shape index (κ2) is 7.61. The van der Waals surface area contributed by atoms with Crippen LogP contribution in [0.1, 0.15) is 57.4 Å². The molecule has 25 heavy (non-hydrogen) atoms. The van der Waals surface area contributed by atoms with Crippen LogP contribution in [0.4, 0.5) is 0 Å². The number of H-pyrrole nitrogens is 1. The maximum Gasteiger partial charge on any atom is 0.326 e. The molecule has 0 amide bonds. The number of aromatic amines is 1. The highest BCUT2D eigenvalue weighted by Gasteiger charge is 2.23. The van der Waals surface area contributed by atoms with E-state index in [-0.39, 0.29) is 5.69 Å². The molecular formula is C21H29N3O. The second-order valence-corrected chi connectivity index (χ2v) is 7.64. The lowest BCUT2D eigenvalue weighted by Crippen LogP contribution is -2.38. The van der Waals surface area contributed by atoms with Crippen molar-refractivity contribution in [2.45, 2.75) is 57.4 Å². The van der Waals surface area contributed by atoms with Crippen molar-refractivity contribution in [2.75, 3.05) is 19.6 Å². The van der Waals surface area contributed by atoms with Gasteiger partial charge in [0.1, 0.15) is 0 Å². The van der Waals surface area contributed by atoms with E-state index >= 15 is 0 Å². The van der Waals surface area contributed by atoms with E-state index in [1.54, 1.807) is 5.57 Å². The van der Waals surface area contributed by atoms with Crippen LogP contribution in [0, 0.1) is 0 Å². The fraction of sp³-hybridized carbons (Fsp3) is 0.571. The van der Waals surface area contributed by atoms with Gasteiger partial charge >= 0.3 is 5.69 Å². The van der Waals surface area contributed by atoms with Crippen LogP contribution >= 0.6 is 0 Å². The molecule has 1 aliphatic carbocycles. The lowest BCUT2D eigenvalue weighted by molar-refractivity contribution is 0.198. The Morgan fingerprint density at radius 3 is 2.72 bits per heavy atom. The van der Waals surface area contributed by atoms with Crippen molar-refractivity contribution in [2.24, 2.45) is 0 Å². The van der Waals surface area contributed by atoms with Gasteiger partial charge in [-0.15, -0.1) is 0 Å². The van der Waals surface area contributed by atoms with Crippen LogP contribution in [-0.2, 0) is 0 Å². The van der Waals surface area contributed by atoms with Crippen LogP contribution < -0.4 is 5.69 Å². The van der Waals surface area contributed by atoms with Crippen molar-refractivity contribution in [3.63, 3.8) is 0 Å². The van der Waals surface area contributed by atoms with Gasteiger partial charge in [0, 0.05) is 25.7 Å². The molecule has 2 aromatic rings. The summed E-state index contributed by atoms with van der Waals surface area (Å²) in [6.45, 7) is 3.32. The van der Waals surface area contributed by atoms with E-state index in [1.807, 2.05) is 22.8 Å². The van der Waals surface area contributed by atoms with Gasteiger partial charge in [0.2, 0.25) is 0 Å². The zero-order valence-electron chi connectivity index (χ0n) is 15.0. The number of para-hydroxylation sites is 2. The Balaban J connectivity index is 1.41. The van der Waals surface area contributed by atoms with Gasteiger partial charge in [-0.25, -0.2) is 4.79 Å². The molecule has 1 saturated heterocycles. The Morgan fingerprint density at radius 1 is 1.04 bits per heavy atom. The molecule has 0 atom stereocenters. The molecule has 1 aliphatic heterocycles. The van der Waals surface area contributed by atoms with Crippen molar-refractivity contribution >= 4 is 11.0 Å². The molecule has 1 N–H and O–H groups in total. The summed E-state index contributed by atoms with van der Waals surface area (Å²) in [5.74, 6) is 0. The highest BCUT2D eigenvalue weighted by molar-refractivity contribution is 5.75. The number of benzene rings is 1. The Bertz CT molecular complexity index is 793. The van der Waals surface area contributed by atoms with Gasteiger partial charge in [-0.05, 0) is 50.7 Å². The summed E-state index contributed by atoms with van der Waals surface area (Å²) >= 11 is 0. The maximum absolute atomic E-state index is 12.4. The maximum atomic E-state index is 12.4. The third-order valence-corrected chi connectivity index (χ3v) is 5.86. The first kappa shape index (κ1) is 16.6. The summed E-state index contributed by atoms with van der Waals surface area (Å²) in [6.07, 6.45) is 12.7. The lowest BCUT2D eigenvalue weighted by Gasteiger charge is -2.33. The topological polar surface area (TPSA) is 41.0 Å². The molecule has 0 saturated carbocycles. The molecule has 2 aliphatic rings. The van der Waals surface area contributed by atoms with Crippen molar-refractivity contribution < 1.29 is 0 Å². The van der Waals surface area contributed by atoms with Gasteiger partial charge < -0.3 is 4.98 Å². The minimum Gasteiger partial charge on any atom is -0.306 e. The van der Waals surface area contributed by atoms with Gasteiger partial charge in [-0.3, -0.25) is 9.47 Å². The third-order valence-electron chi connectivity index (χ3n) is 5.86. The molecule has 4 rings (SSSR count). The summed E-state index contributed by atoms with van der Waals surface area (Å²) in [4.78, 5) is 18.0.